The van der Waals surface area contributed by atoms with Gasteiger partial charge < -0.3 is 15.6 Å². The molecule has 0 aromatic carbocycles. The lowest BCUT2D eigenvalue weighted by molar-refractivity contribution is 0.891. The van der Waals surface area contributed by atoms with Gasteiger partial charge in [-0.15, -0.1) is 0 Å². The largest absolute Gasteiger partial charge is 0.362 e. The van der Waals surface area contributed by atoms with Crippen LogP contribution >= 0.6 is 12.2 Å². The molecular weight excluding hydrogens is 208 g/mol. The maximum atomic E-state index is 5.08. The predicted octanol–water partition coefficient (Wildman–Crippen LogP) is 2.05. The van der Waals surface area contributed by atoms with Crippen molar-refractivity contribution >= 4 is 23.3 Å². The zero-order chi connectivity index (χ0) is 11.1. The quantitative estimate of drug-likeness (QED) is 0.416. The molecule has 82 valence electrons. The van der Waals surface area contributed by atoms with E-state index in [9.17, 15) is 0 Å². The molecule has 1 aromatic heterocycles. The molecule has 3 N–H and O–H groups in total. The molecule has 0 bridgehead atoms. The van der Waals surface area contributed by atoms with Gasteiger partial charge in [-0.25, -0.2) is 4.98 Å². The molecule has 1 rings (SSSR count). The van der Waals surface area contributed by atoms with Gasteiger partial charge in [-0.3, -0.25) is 0 Å². The maximum Gasteiger partial charge on any atom is 0.206 e. The minimum atomic E-state index is 0.590. The topological polar surface area (TPSA) is 52.7 Å². The summed E-state index contributed by atoms with van der Waals surface area (Å²) in [5.41, 5.74) is 1.32. The van der Waals surface area contributed by atoms with Crippen LogP contribution in [0.2, 0.25) is 0 Å². The normalized spacial score (nSPS) is 9.47. The third kappa shape index (κ3) is 5.17. The summed E-state index contributed by atoms with van der Waals surface area (Å²) in [5, 5.41) is 6.62. The number of allylic oxidation sites excluding steroid dienone is 1. The highest BCUT2D eigenvalue weighted by atomic mass is 32.1. The number of imidazole rings is 1. The molecule has 0 amide bonds. The molecule has 4 nitrogen and oxygen atoms in total. The number of thiocarbonyl (C=S) groups is 1. The first kappa shape index (κ1) is 11.7. The predicted molar refractivity (Wildman–Crippen MR) is 66.9 cm³/mol. The minimum Gasteiger partial charge on any atom is -0.362 e. The Hall–Kier alpha value is -1.36. The van der Waals surface area contributed by atoms with Crippen LogP contribution in [0.3, 0.4) is 0 Å². The van der Waals surface area contributed by atoms with Crippen molar-refractivity contribution in [3.8, 4) is 0 Å². The van der Waals surface area contributed by atoms with Gasteiger partial charge in [0.05, 0.1) is 0 Å². The number of hydrogen-bond donors (Lipinski definition) is 3. The molecule has 0 saturated carbocycles. The number of H-pyrrole nitrogens is 1. The number of anilines is 1. The van der Waals surface area contributed by atoms with Crippen LogP contribution in [0.4, 0.5) is 5.95 Å². The molecule has 0 aliphatic rings. The van der Waals surface area contributed by atoms with Crippen molar-refractivity contribution < 1.29 is 0 Å². The molecule has 0 aliphatic carbocycles. The fourth-order valence-electron chi connectivity index (χ4n) is 1.03. The Morgan fingerprint density at radius 3 is 3.00 bits per heavy atom. The summed E-state index contributed by atoms with van der Waals surface area (Å²) in [7, 11) is 0. The number of aromatic amines is 1. The number of aromatic nitrogens is 2. The summed E-state index contributed by atoms with van der Waals surface area (Å²) >= 11 is 5.08. The first-order valence-electron chi connectivity index (χ1n) is 4.86. The van der Waals surface area contributed by atoms with Crippen molar-refractivity contribution in [1.29, 1.82) is 0 Å². The van der Waals surface area contributed by atoms with Crippen LogP contribution in [0, 0.1) is 0 Å². The van der Waals surface area contributed by atoms with Crippen molar-refractivity contribution in [2.24, 2.45) is 0 Å². The molecule has 1 aromatic rings. The lowest BCUT2D eigenvalue weighted by Crippen LogP contribution is -2.29. The van der Waals surface area contributed by atoms with Crippen molar-refractivity contribution in [2.45, 2.75) is 20.3 Å². The summed E-state index contributed by atoms with van der Waals surface area (Å²) in [6, 6.07) is 0. The summed E-state index contributed by atoms with van der Waals surface area (Å²) < 4.78 is 0. The smallest absolute Gasteiger partial charge is 0.206 e. The molecular formula is C10H16N4S. The maximum absolute atomic E-state index is 5.08. The van der Waals surface area contributed by atoms with Gasteiger partial charge in [-0.1, -0.05) is 11.6 Å². The van der Waals surface area contributed by atoms with Gasteiger partial charge in [-0.2, -0.15) is 0 Å². The second kappa shape index (κ2) is 6.19. The van der Waals surface area contributed by atoms with Gasteiger partial charge in [0.25, 0.3) is 0 Å². The van der Waals surface area contributed by atoms with E-state index in [1.54, 1.807) is 12.4 Å². The Morgan fingerprint density at radius 1 is 1.60 bits per heavy atom. The summed E-state index contributed by atoms with van der Waals surface area (Å²) in [5.74, 6) is 0.662. The van der Waals surface area contributed by atoms with Crippen molar-refractivity contribution in [1.82, 2.24) is 15.3 Å². The first-order chi connectivity index (χ1) is 7.18. The minimum absolute atomic E-state index is 0.590. The Bertz CT molecular complexity index is 325. The van der Waals surface area contributed by atoms with Crippen molar-refractivity contribution in [2.75, 3.05) is 11.9 Å². The summed E-state index contributed by atoms with van der Waals surface area (Å²) in [6.45, 7) is 5.00. The van der Waals surface area contributed by atoms with E-state index in [2.05, 4.69) is 40.5 Å². The van der Waals surface area contributed by atoms with Crippen LogP contribution in [0.5, 0.6) is 0 Å². The Morgan fingerprint density at radius 2 is 2.40 bits per heavy atom. The molecule has 0 spiro atoms. The third-order valence-electron chi connectivity index (χ3n) is 1.71. The van der Waals surface area contributed by atoms with E-state index in [0.29, 0.717) is 11.1 Å². The highest BCUT2D eigenvalue weighted by molar-refractivity contribution is 7.80. The SMILES string of the molecule is CC(C)=CCCNC(=S)Nc1ncc[nH]1. The van der Waals surface area contributed by atoms with Crippen LogP contribution < -0.4 is 10.6 Å². The lowest BCUT2D eigenvalue weighted by atomic mass is 10.3. The van der Waals surface area contributed by atoms with Gasteiger partial charge in [0.15, 0.2) is 5.11 Å². The Kier molecular flexibility index (Phi) is 4.83. The van der Waals surface area contributed by atoms with Crippen LogP contribution in [0.15, 0.2) is 24.0 Å². The fourth-order valence-corrected chi connectivity index (χ4v) is 1.23. The second-order valence-electron chi connectivity index (χ2n) is 3.39. The molecule has 0 unspecified atom stereocenters. The highest BCUT2D eigenvalue weighted by Gasteiger charge is 1.96. The Labute approximate surface area is 95.2 Å². The van der Waals surface area contributed by atoms with Crippen molar-refractivity contribution in [3.05, 3.63) is 24.0 Å². The van der Waals surface area contributed by atoms with Gasteiger partial charge in [0.2, 0.25) is 5.95 Å². The molecule has 0 radical (unpaired) electrons. The standard InChI is InChI=1S/C10H16N4S/c1-8(2)4-3-5-13-10(15)14-9-11-6-7-12-9/h4,6-7H,3,5H2,1-2H3,(H3,11,12,13,14,15). The first-order valence-corrected chi connectivity index (χ1v) is 5.27. The van der Waals surface area contributed by atoms with E-state index >= 15 is 0 Å². The second-order valence-corrected chi connectivity index (χ2v) is 3.80. The lowest BCUT2D eigenvalue weighted by Gasteiger charge is -2.06. The van der Waals surface area contributed by atoms with Gasteiger partial charge in [-0.05, 0) is 32.5 Å². The number of hydrogen-bond acceptors (Lipinski definition) is 2. The highest BCUT2D eigenvalue weighted by Crippen LogP contribution is 1.95. The molecule has 1 heterocycles. The molecule has 5 heteroatoms. The van der Waals surface area contributed by atoms with Gasteiger partial charge in [0, 0.05) is 18.9 Å². The zero-order valence-corrected chi connectivity index (χ0v) is 9.82. The molecule has 0 fully saturated rings. The average Bonchev–Trinajstić information content (AvgIpc) is 2.64. The molecule has 0 aliphatic heterocycles. The fraction of sp³-hybridized carbons (Fsp3) is 0.400. The summed E-state index contributed by atoms with van der Waals surface area (Å²) in [6.07, 6.45) is 6.56. The van der Waals surface area contributed by atoms with Crippen LogP contribution in [0.1, 0.15) is 20.3 Å². The van der Waals surface area contributed by atoms with E-state index in [1.165, 1.54) is 5.57 Å². The van der Waals surface area contributed by atoms with E-state index in [4.69, 9.17) is 12.2 Å². The molecule has 0 saturated heterocycles. The summed E-state index contributed by atoms with van der Waals surface area (Å²) in [4.78, 5) is 6.92. The number of nitrogens with one attached hydrogen (secondary N) is 3. The van der Waals surface area contributed by atoms with Crippen LogP contribution in [-0.2, 0) is 0 Å². The molecule has 15 heavy (non-hydrogen) atoms. The monoisotopic (exact) mass is 224 g/mol. The van der Waals surface area contributed by atoms with E-state index < -0.39 is 0 Å². The van der Waals surface area contributed by atoms with Gasteiger partial charge >= 0.3 is 0 Å². The van der Waals surface area contributed by atoms with E-state index in [-0.39, 0.29) is 0 Å². The van der Waals surface area contributed by atoms with E-state index in [0.717, 1.165) is 13.0 Å². The number of nitrogens with zero attached hydrogens (tertiary/aromatic N) is 1. The van der Waals surface area contributed by atoms with Crippen LogP contribution in [0.25, 0.3) is 0 Å². The Balaban J connectivity index is 2.17. The van der Waals surface area contributed by atoms with Gasteiger partial charge in [0.1, 0.15) is 0 Å². The average molecular weight is 224 g/mol. The van der Waals surface area contributed by atoms with E-state index in [1.807, 2.05) is 0 Å². The zero-order valence-electron chi connectivity index (χ0n) is 9.00. The number of rotatable bonds is 4. The van der Waals surface area contributed by atoms with Crippen LogP contribution in [-0.4, -0.2) is 21.6 Å². The third-order valence-corrected chi connectivity index (χ3v) is 1.96. The molecule has 0 atom stereocenters. The van der Waals surface area contributed by atoms with Crippen molar-refractivity contribution in [3.63, 3.8) is 0 Å².